The van der Waals surface area contributed by atoms with E-state index in [1.807, 2.05) is 24.3 Å². The summed E-state index contributed by atoms with van der Waals surface area (Å²) in [6, 6.07) is 11.3. The zero-order valence-electron chi connectivity index (χ0n) is 16.1. The molecule has 0 spiro atoms. The van der Waals surface area contributed by atoms with Gasteiger partial charge < -0.3 is 15.2 Å². The third-order valence-corrected chi connectivity index (χ3v) is 5.04. The summed E-state index contributed by atoms with van der Waals surface area (Å²) >= 11 is 0. The molecule has 2 heterocycles. The summed E-state index contributed by atoms with van der Waals surface area (Å²) < 4.78 is 5.10. The largest absolute Gasteiger partial charge is 0.508 e. The fourth-order valence-corrected chi connectivity index (χ4v) is 3.46. The molecule has 7 nitrogen and oxygen atoms in total. The Bertz CT molecular complexity index is 799. The maximum Gasteiger partial charge on any atom is 0.137 e. The van der Waals surface area contributed by atoms with E-state index in [-0.39, 0.29) is 0 Å². The molecule has 2 aromatic rings. The zero-order valence-corrected chi connectivity index (χ0v) is 16.1. The molecule has 1 fully saturated rings. The predicted octanol–water partition coefficient (Wildman–Crippen LogP) is 3.64. The van der Waals surface area contributed by atoms with Gasteiger partial charge in [-0.15, -0.1) is 0 Å². The lowest BCUT2D eigenvalue weighted by Crippen LogP contribution is -2.34. The molecule has 1 aromatic heterocycles. The van der Waals surface area contributed by atoms with Gasteiger partial charge in [-0.1, -0.05) is 12.1 Å². The van der Waals surface area contributed by atoms with Crippen LogP contribution in [0.4, 0.5) is 0 Å². The van der Waals surface area contributed by atoms with Crippen molar-refractivity contribution in [3.05, 3.63) is 65.7 Å². The Balaban J connectivity index is 1.46. The highest BCUT2D eigenvalue weighted by molar-refractivity contribution is 5.30. The van der Waals surface area contributed by atoms with Crippen LogP contribution in [-0.4, -0.2) is 41.7 Å². The summed E-state index contributed by atoms with van der Waals surface area (Å²) in [4.78, 5) is 6.62. The SMILES string of the molecule is COc1ccc(CN/C=C(/CN2CCC(c3cccc(O)c3)CC2)N=N)nc1. The average molecular weight is 381 g/mol. The molecule has 0 amide bonds. The smallest absolute Gasteiger partial charge is 0.137 e. The Morgan fingerprint density at radius 3 is 2.82 bits per heavy atom. The molecule has 0 radical (unpaired) electrons. The molecular weight excluding hydrogens is 354 g/mol. The van der Waals surface area contributed by atoms with Gasteiger partial charge in [0.15, 0.2) is 0 Å². The van der Waals surface area contributed by atoms with Gasteiger partial charge in [-0.25, -0.2) is 5.53 Å². The third kappa shape index (κ3) is 5.53. The van der Waals surface area contributed by atoms with Crippen molar-refractivity contribution in [1.82, 2.24) is 15.2 Å². The number of piperidine rings is 1. The Morgan fingerprint density at radius 1 is 1.36 bits per heavy atom. The minimum absolute atomic E-state index is 0.329. The van der Waals surface area contributed by atoms with Gasteiger partial charge in [0.2, 0.25) is 0 Å². The number of methoxy groups -OCH3 is 1. The van der Waals surface area contributed by atoms with Crippen LogP contribution >= 0.6 is 0 Å². The molecule has 1 aliphatic heterocycles. The number of pyridine rings is 1. The van der Waals surface area contributed by atoms with Gasteiger partial charge >= 0.3 is 0 Å². The van der Waals surface area contributed by atoms with Gasteiger partial charge in [0, 0.05) is 12.7 Å². The molecule has 0 aliphatic carbocycles. The van der Waals surface area contributed by atoms with Crippen molar-refractivity contribution in [2.45, 2.75) is 25.3 Å². The lowest BCUT2D eigenvalue weighted by atomic mass is 9.89. The first-order valence-electron chi connectivity index (χ1n) is 9.48. The van der Waals surface area contributed by atoms with E-state index in [2.05, 4.69) is 26.4 Å². The summed E-state index contributed by atoms with van der Waals surface area (Å²) in [6.07, 6.45) is 5.56. The number of nitrogens with zero attached hydrogens (tertiary/aromatic N) is 3. The van der Waals surface area contributed by atoms with Crippen molar-refractivity contribution in [2.24, 2.45) is 5.11 Å². The van der Waals surface area contributed by atoms with Gasteiger partial charge in [-0.3, -0.25) is 9.88 Å². The van der Waals surface area contributed by atoms with Crippen LogP contribution < -0.4 is 10.1 Å². The molecule has 1 aliphatic rings. The molecule has 0 unspecified atom stereocenters. The Labute approximate surface area is 165 Å². The topological polar surface area (TPSA) is 93.8 Å². The second-order valence-corrected chi connectivity index (χ2v) is 6.96. The molecule has 1 saturated heterocycles. The average Bonchev–Trinajstić information content (AvgIpc) is 2.74. The zero-order chi connectivity index (χ0) is 19.8. The van der Waals surface area contributed by atoms with Crippen LogP contribution in [0.3, 0.4) is 0 Å². The highest BCUT2D eigenvalue weighted by Crippen LogP contribution is 2.30. The predicted molar refractivity (Wildman–Crippen MR) is 107 cm³/mol. The molecule has 148 valence electrons. The number of nitrogens with one attached hydrogen (secondary N) is 2. The van der Waals surface area contributed by atoms with Gasteiger partial charge in [-0.2, -0.15) is 5.11 Å². The number of benzene rings is 1. The first-order valence-corrected chi connectivity index (χ1v) is 9.48. The fraction of sp³-hybridized carbons (Fsp3) is 0.381. The molecule has 3 N–H and O–H groups in total. The molecule has 0 atom stereocenters. The van der Waals surface area contributed by atoms with E-state index in [1.165, 1.54) is 5.56 Å². The van der Waals surface area contributed by atoms with Gasteiger partial charge in [-0.05, 0) is 61.7 Å². The molecule has 0 bridgehead atoms. The van der Waals surface area contributed by atoms with Crippen LogP contribution in [0, 0.1) is 5.53 Å². The molecular formula is C21H27N5O2. The van der Waals surface area contributed by atoms with Crippen LogP contribution in [0.15, 0.2) is 59.6 Å². The van der Waals surface area contributed by atoms with E-state index in [1.54, 1.807) is 25.6 Å². The summed E-state index contributed by atoms with van der Waals surface area (Å²) in [5, 5.41) is 16.5. The van der Waals surface area contributed by atoms with E-state index in [0.717, 1.165) is 37.4 Å². The molecule has 1 aromatic carbocycles. The minimum atomic E-state index is 0.329. The van der Waals surface area contributed by atoms with Crippen molar-refractivity contribution >= 4 is 0 Å². The van der Waals surface area contributed by atoms with E-state index < -0.39 is 0 Å². The second-order valence-electron chi connectivity index (χ2n) is 6.96. The highest BCUT2D eigenvalue weighted by Gasteiger charge is 2.21. The number of ether oxygens (including phenoxy) is 1. The van der Waals surface area contributed by atoms with Gasteiger partial charge in [0.05, 0.1) is 31.2 Å². The molecule has 28 heavy (non-hydrogen) atoms. The van der Waals surface area contributed by atoms with E-state index in [0.29, 0.717) is 30.5 Å². The Morgan fingerprint density at radius 2 is 2.18 bits per heavy atom. The second kappa shape index (κ2) is 9.85. The minimum Gasteiger partial charge on any atom is -0.508 e. The van der Waals surface area contributed by atoms with Crippen molar-refractivity contribution in [3.8, 4) is 11.5 Å². The van der Waals surface area contributed by atoms with Crippen LogP contribution in [0.2, 0.25) is 0 Å². The van der Waals surface area contributed by atoms with Crippen molar-refractivity contribution in [2.75, 3.05) is 26.7 Å². The normalized spacial score (nSPS) is 16.0. The van der Waals surface area contributed by atoms with E-state index >= 15 is 0 Å². The number of phenols is 1. The number of likely N-dealkylation sites (tertiary alicyclic amines) is 1. The quantitative estimate of drug-likeness (QED) is 0.607. The van der Waals surface area contributed by atoms with Crippen molar-refractivity contribution < 1.29 is 9.84 Å². The van der Waals surface area contributed by atoms with Crippen molar-refractivity contribution in [3.63, 3.8) is 0 Å². The fourth-order valence-electron chi connectivity index (χ4n) is 3.46. The third-order valence-electron chi connectivity index (χ3n) is 5.04. The summed E-state index contributed by atoms with van der Waals surface area (Å²) in [5.74, 6) is 1.54. The number of aromatic nitrogens is 1. The van der Waals surface area contributed by atoms with Crippen LogP contribution in [0.25, 0.3) is 0 Å². The van der Waals surface area contributed by atoms with Crippen LogP contribution in [0.1, 0.15) is 30.0 Å². The molecule has 3 rings (SSSR count). The number of rotatable bonds is 8. The van der Waals surface area contributed by atoms with E-state index in [9.17, 15) is 5.11 Å². The van der Waals surface area contributed by atoms with Crippen LogP contribution in [-0.2, 0) is 6.54 Å². The standard InChI is InChI=1S/C21H27N5O2/c1-28-21-6-5-18(24-14-21)12-23-13-19(25-22)15-26-9-7-16(8-10-26)17-3-2-4-20(27)11-17/h2-6,11,13-14,16,22-23,27H,7-10,12,15H2,1H3/b19-13-,25-22?. The Kier molecular flexibility index (Phi) is 6.97. The monoisotopic (exact) mass is 381 g/mol. The van der Waals surface area contributed by atoms with E-state index in [4.69, 9.17) is 10.3 Å². The highest BCUT2D eigenvalue weighted by atomic mass is 16.5. The van der Waals surface area contributed by atoms with Gasteiger partial charge in [0.1, 0.15) is 11.5 Å². The first-order chi connectivity index (χ1) is 13.7. The lowest BCUT2D eigenvalue weighted by Gasteiger charge is -2.32. The maximum absolute atomic E-state index is 9.67. The lowest BCUT2D eigenvalue weighted by molar-refractivity contribution is 0.226. The molecule has 7 heteroatoms. The summed E-state index contributed by atoms with van der Waals surface area (Å²) in [6.45, 7) is 3.13. The number of phenolic OH excluding ortho intramolecular Hbond substituents is 1. The van der Waals surface area contributed by atoms with Gasteiger partial charge in [0.25, 0.3) is 0 Å². The van der Waals surface area contributed by atoms with Crippen molar-refractivity contribution in [1.29, 1.82) is 5.53 Å². The molecule has 0 saturated carbocycles. The number of aromatic hydroxyl groups is 1. The maximum atomic E-state index is 9.67. The van der Waals surface area contributed by atoms with Crippen LogP contribution in [0.5, 0.6) is 11.5 Å². The summed E-state index contributed by atoms with van der Waals surface area (Å²) in [5.41, 5.74) is 10.2. The number of hydrogen-bond acceptors (Lipinski definition) is 7. The summed E-state index contributed by atoms with van der Waals surface area (Å²) in [7, 11) is 1.62. The first kappa shape index (κ1) is 19.8. The Hall–Kier alpha value is -2.93. The number of hydrogen-bond donors (Lipinski definition) is 3.